The smallest absolute Gasteiger partial charge is 0.396 e. The molecule has 0 amide bonds. The Morgan fingerprint density at radius 3 is 2.86 bits per heavy atom. The van der Waals surface area contributed by atoms with Crippen LogP contribution < -0.4 is 4.94 Å². The first-order chi connectivity index (χ1) is 6.58. The molecule has 1 N–H and O–H groups in total. The van der Waals surface area contributed by atoms with E-state index in [1.165, 1.54) is 19.1 Å². The van der Waals surface area contributed by atoms with E-state index in [-0.39, 0.29) is 17.1 Å². The van der Waals surface area contributed by atoms with E-state index in [1.54, 1.807) is 0 Å². The van der Waals surface area contributed by atoms with Gasteiger partial charge in [0, 0.05) is 6.07 Å². The molecule has 0 aliphatic rings. The molecule has 2 aromatic rings. The number of Topliss-reactive ketones (excluding diaryl/α,β-unsaturated/α-hetero) is 1. The lowest BCUT2D eigenvalue weighted by atomic mass is 10.1. The standard InChI is InChI=1S/C9H6O4S/c1-4(10)5-2-7-8(3-6(5)11)14-9(12)13-7/h2-3,11H,1H3. The van der Waals surface area contributed by atoms with Gasteiger partial charge in [-0.05, 0) is 13.0 Å². The average molecular weight is 210 g/mol. The molecular formula is C9H6O4S. The van der Waals surface area contributed by atoms with Crippen LogP contribution in [0.4, 0.5) is 0 Å². The highest BCUT2D eigenvalue weighted by Crippen LogP contribution is 2.26. The first-order valence-electron chi connectivity index (χ1n) is 3.85. The first kappa shape index (κ1) is 8.96. The summed E-state index contributed by atoms with van der Waals surface area (Å²) < 4.78 is 5.35. The summed E-state index contributed by atoms with van der Waals surface area (Å²) in [6, 6.07) is 2.74. The third kappa shape index (κ3) is 1.31. The molecule has 0 radical (unpaired) electrons. The van der Waals surface area contributed by atoms with Gasteiger partial charge >= 0.3 is 4.94 Å². The molecule has 0 atom stereocenters. The summed E-state index contributed by atoms with van der Waals surface area (Å²) in [4.78, 5) is 21.5. The molecule has 0 saturated heterocycles. The summed E-state index contributed by atoms with van der Waals surface area (Å²) in [5.74, 6) is -0.389. The van der Waals surface area contributed by atoms with Crippen LogP contribution in [0, 0.1) is 0 Å². The molecule has 14 heavy (non-hydrogen) atoms. The molecule has 2 rings (SSSR count). The number of ketones is 1. The summed E-state index contributed by atoms with van der Waals surface area (Å²) >= 11 is 0.893. The van der Waals surface area contributed by atoms with Gasteiger partial charge in [0.15, 0.2) is 11.4 Å². The zero-order valence-corrected chi connectivity index (χ0v) is 8.05. The predicted molar refractivity (Wildman–Crippen MR) is 52.0 cm³/mol. The van der Waals surface area contributed by atoms with E-state index in [0.29, 0.717) is 10.3 Å². The number of phenolic OH excluding ortho intramolecular Hbond substituents is 1. The molecular weight excluding hydrogens is 204 g/mol. The Hall–Kier alpha value is -1.62. The fraction of sp³-hybridized carbons (Fsp3) is 0.111. The van der Waals surface area contributed by atoms with Crippen LogP contribution in [-0.2, 0) is 0 Å². The van der Waals surface area contributed by atoms with Gasteiger partial charge in [0.25, 0.3) is 0 Å². The minimum Gasteiger partial charge on any atom is -0.507 e. The lowest BCUT2D eigenvalue weighted by molar-refractivity contribution is 0.101. The number of rotatable bonds is 1. The zero-order chi connectivity index (χ0) is 10.3. The van der Waals surface area contributed by atoms with Crippen molar-refractivity contribution in [3.8, 4) is 5.75 Å². The molecule has 0 spiro atoms. The summed E-state index contributed by atoms with van der Waals surface area (Å²) in [7, 11) is 0. The van der Waals surface area contributed by atoms with E-state index in [2.05, 4.69) is 0 Å². The van der Waals surface area contributed by atoms with Crippen molar-refractivity contribution in [3.63, 3.8) is 0 Å². The molecule has 0 aliphatic heterocycles. The predicted octanol–water partition coefficient (Wildman–Crippen LogP) is 1.76. The molecule has 5 heteroatoms. The van der Waals surface area contributed by atoms with Crippen LogP contribution in [0.2, 0.25) is 0 Å². The molecule has 1 aromatic carbocycles. The quantitative estimate of drug-likeness (QED) is 0.728. The highest BCUT2D eigenvalue weighted by molar-refractivity contribution is 7.16. The van der Waals surface area contributed by atoms with Crippen LogP contribution in [0.15, 0.2) is 21.3 Å². The second-order valence-electron chi connectivity index (χ2n) is 2.83. The molecule has 0 unspecified atom stereocenters. The van der Waals surface area contributed by atoms with E-state index in [4.69, 9.17) is 4.42 Å². The number of phenols is 1. The largest absolute Gasteiger partial charge is 0.507 e. The third-order valence-corrected chi connectivity index (χ3v) is 2.62. The van der Waals surface area contributed by atoms with Gasteiger partial charge in [-0.15, -0.1) is 0 Å². The van der Waals surface area contributed by atoms with Gasteiger partial charge in [0.1, 0.15) is 5.75 Å². The summed E-state index contributed by atoms with van der Waals surface area (Å²) in [5, 5.41) is 9.43. The first-order valence-corrected chi connectivity index (χ1v) is 4.67. The van der Waals surface area contributed by atoms with Crippen molar-refractivity contribution in [1.29, 1.82) is 0 Å². The van der Waals surface area contributed by atoms with Crippen molar-refractivity contribution in [1.82, 2.24) is 0 Å². The van der Waals surface area contributed by atoms with Crippen LogP contribution in [-0.4, -0.2) is 10.9 Å². The van der Waals surface area contributed by atoms with Gasteiger partial charge in [-0.25, -0.2) is 4.79 Å². The van der Waals surface area contributed by atoms with E-state index >= 15 is 0 Å². The van der Waals surface area contributed by atoms with Crippen molar-refractivity contribution in [2.45, 2.75) is 6.92 Å². The van der Waals surface area contributed by atoms with Crippen molar-refractivity contribution in [2.75, 3.05) is 0 Å². The monoisotopic (exact) mass is 210 g/mol. The third-order valence-electron chi connectivity index (χ3n) is 1.83. The Labute approximate surface area is 82.4 Å². The second kappa shape index (κ2) is 2.95. The van der Waals surface area contributed by atoms with Crippen molar-refractivity contribution in [3.05, 3.63) is 27.4 Å². The number of carbonyl (C=O) groups is 1. The van der Waals surface area contributed by atoms with Crippen LogP contribution >= 0.6 is 11.3 Å². The maximum Gasteiger partial charge on any atom is 0.396 e. The molecule has 0 aliphatic carbocycles. The fourth-order valence-electron chi connectivity index (χ4n) is 1.19. The zero-order valence-electron chi connectivity index (χ0n) is 7.23. The van der Waals surface area contributed by atoms with E-state index < -0.39 is 4.94 Å². The molecule has 0 bridgehead atoms. The summed E-state index contributed by atoms with van der Waals surface area (Å²) in [6.07, 6.45) is 0. The van der Waals surface area contributed by atoms with Gasteiger partial charge in [-0.3, -0.25) is 4.79 Å². The molecule has 72 valence electrons. The fourth-order valence-corrected chi connectivity index (χ4v) is 1.87. The minimum atomic E-state index is -0.444. The Bertz CT molecular complexity index is 564. The van der Waals surface area contributed by atoms with Crippen LogP contribution in [0.1, 0.15) is 17.3 Å². The molecule has 4 nitrogen and oxygen atoms in total. The van der Waals surface area contributed by atoms with E-state index in [1.807, 2.05) is 0 Å². The van der Waals surface area contributed by atoms with Crippen LogP contribution in [0.25, 0.3) is 10.3 Å². The molecule has 0 saturated carbocycles. The highest BCUT2D eigenvalue weighted by Gasteiger charge is 2.11. The van der Waals surface area contributed by atoms with Gasteiger partial charge < -0.3 is 9.52 Å². The minimum absolute atomic E-state index is 0.123. The summed E-state index contributed by atoms with van der Waals surface area (Å²) in [5.41, 5.74) is 0.502. The van der Waals surface area contributed by atoms with Crippen molar-refractivity contribution >= 4 is 27.4 Å². The molecule has 1 aromatic heterocycles. The van der Waals surface area contributed by atoms with Crippen LogP contribution in [0.5, 0.6) is 5.75 Å². The maximum atomic E-state index is 11.0. The number of benzene rings is 1. The van der Waals surface area contributed by atoms with Crippen molar-refractivity contribution < 1.29 is 14.3 Å². The molecule has 1 heterocycles. The normalized spacial score (nSPS) is 10.6. The van der Waals surface area contributed by atoms with Gasteiger partial charge in [-0.1, -0.05) is 11.3 Å². The number of hydrogen-bond donors (Lipinski definition) is 1. The number of aromatic hydroxyl groups is 1. The van der Waals surface area contributed by atoms with E-state index in [9.17, 15) is 14.7 Å². The second-order valence-corrected chi connectivity index (χ2v) is 3.80. The molecule has 0 fully saturated rings. The van der Waals surface area contributed by atoms with Gasteiger partial charge in [0.2, 0.25) is 0 Å². The van der Waals surface area contributed by atoms with Crippen molar-refractivity contribution in [2.24, 2.45) is 0 Å². The Balaban J connectivity index is 2.82. The lowest BCUT2D eigenvalue weighted by Crippen LogP contribution is -1.91. The van der Waals surface area contributed by atoms with Gasteiger partial charge in [-0.2, -0.15) is 0 Å². The summed E-state index contributed by atoms with van der Waals surface area (Å²) in [6.45, 7) is 1.34. The number of carbonyl (C=O) groups excluding carboxylic acids is 1. The Morgan fingerprint density at radius 2 is 2.21 bits per heavy atom. The van der Waals surface area contributed by atoms with Crippen LogP contribution in [0.3, 0.4) is 0 Å². The van der Waals surface area contributed by atoms with Gasteiger partial charge in [0.05, 0.1) is 10.3 Å². The SMILES string of the molecule is CC(=O)c1cc2oc(=O)sc2cc1O. The number of hydrogen-bond acceptors (Lipinski definition) is 5. The number of fused-ring (bicyclic) bond motifs is 1. The maximum absolute atomic E-state index is 11.0. The lowest BCUT2D eigenvalue weighted by Gasteiger charge is -1.98. The Kier molecular flexibility index (Phi) is 1.89. The topological polar surface area (TPSA) is 67.5 Å². The van der Waals surface area contributed by atoms with E-state index in [0.717, 1.165) is 11.3 Å². The highest BCUT2D eigenvalue weighted by atomic mass is 32.1. The average Bonchev–Trinajstić information content (AvgIpc) is 2.42. The Morgan fingerprint density at radius 1 is 1.50 bits per heavy atom.